The van der Waals surface area contributed by atoms with Crippen LogP contribution in [-0.2, 0) is 16.9 Å². The number of hydrogen-bond acceptors (Lipinski definition) is 6. The van der Waals surface area contributed by atoms with E-state index in [0.717, 1.165) is 29.9 Å². The number of aryl methyl sites for hydroxylation is 1. The number of thioether (sulfide) groups is 1. The van der Waals surface area contributed by atoms with E-state index in [1.54, 1.807) is 6.92 Å². The zero-order valence-corrected chi connectivity index (χ0v) is 12.7. The van der Waals surface area contributed by atoms with Gasteiger partial charge in [-0.05, 0) is 31.1 Å². The molecule has 1 aliphatic rings. The topological polar surface area (TPSA) is 72.0 Å². The maximum atomic E-state index is 12.3. The number of thiophene rings is 1. The maximum Gasteiger partial charge on any atom is 0.374 e. The normalized spacial score (nSPS) is 14.8. The molecule has 106 valence electrons. The Hall–Kier alpha value is -1.34. The van der Waals surface area contributed by atoms with Crippen LogP contribution in [0.2, 0.25) is 0 Å². The lowest BCUT2D eigenvalue weighted by molar-refractivity contribution is 0.0512. The highest BCUT2D eigenvalue weighted by Gasteiger charge is 2.21. The zero-order valence-electron chi connectivity index (χ0n) is 11.0. The van der Waals surface area contributed by atoms with Gasteiger partial charge >= 0.3 is 5.97 Å². The Labute approximate surface area is 123 Å². The molecule has 0 aromatic carbocycles. The number of nitrogens with zero attached hydrogens (tertiary/aromatic N) is 1. The second kappa shape index (κ2) is 5.57. The summed E-state index contributed by atoms with van der Waals surface area (Å²) in [4.78, 5) is 32.6. The Morgan fingerprint density at radius 2 is 2.35 bits per heavy atom. The van der Waals surface area contributed by atoms with Gasteiger partial charge in [-0.25, -0.2) is 9.78 Å². The zero-order chi connectivity index (χ0) is 14.1. The molecule has 7 heteroatoms. The summed E-state index contributed by atoms with van der Waals surface area (Å²) in [5, 5.41) is 0.653. The molecule has 0 atom stereocenters. The van der Waals surface area contributed by atoms with Crippen molar-refractivity contribution in [2.45, 2.75) is 25.5 Å². The van der Waals surface area contributed by atoms with E-state index >= 15 is 0 Å². The Morgan fingerprint density at radius 1 is 1.50 bits per heavy atom. The average Bonchev–Trinajstić information content (AvgIpc) is 2.62. The third kappa shape index (κ3) is 2.35. The van der Waals surface area contributed by atoms with Crippen molar-refractivity contribution in [1.82, 2.24) is 9.97 Å². The molecular weight excluding hydrogens is 296 g/mol. The van der Waals surface area contributed by atoms with Crippen molar-refractivity contribution < 1.29 is 9.53 Å². The number of aromatic amines is 1. The van der Waals surface area contributed by atoms with Crippen LogP contribution in [0.3, 0.4) is 0 Å². The fourth-order valence-electron chi connectivity index (χ4n) is 2.30. The van der Waals surface area contributed by atoms with Crippen LogP contribution in [0, 0.1) is 0 Å². The summed E-state index contributed by atoms with van der Waals surface area (Å²) in [5.74, 6) is 1.46. The minimum absolute atomic E-state index is 0.00610. The molecule has 3 heterocycles. The highest BCUT2D eigenvalue weighted by atomic mass is 32.2. The molecule has 2 aromatic heterocycles. The van der Waals surface area contributed by atoms with Crippen LogP contribution >= 0.6 is 23.1 Å². The summed E-state index contributed by atoms with van der Waals surface area (Å²) in [6.45, 7) is 1.98. The number of carbonyl (C=O) groups is 1. The predicted molar refractivity (Wildman–Crippen MR) is 80.7 cm³/mol. The van der Waals surface area contributed by atoms with Crippen LogP contribution in [0.1, 0.15) is 34.4 Å². The Kier molecular flexibility index (Phi) is 3.80. The van der Waals surface area contributed by atoms with E-state index in [4.69, 9.17) is 4.74 Å². The van der Waals surface area contributed by atoms with E-state index in [1.165, 1.54) is 16.2 Å². The number of aromatic nitrogens is 2. The maximum absolute atomic E-state index is 12.3. The van der Waals surface area contributed by atoms with Crippen LogP contribution in [0.4, 0.5) is 0 Å². The average molecular weight is 310 g/mol. The molecule has 1 N–H and O–H groups in total. The van der Waals surface area contributed by atoms with Crippen LogP contribution in [0.5, 0.6) is 0 Å². The van der Waals surface area contributed by atoms with Gasteiger partial charge in [0, 0.05) is 10.6 Å². The number of H-pyrrole nitrogens is 1. The minimum Gasteiger partial charge on any atom is -0.460 e. The Bertz CT molecular complexity index is 720. The summed E-state index contributed by atoms with van der Waals surface area (Å²) >= 11 is 3.39. The fraction of sp³-hybridized carbons (Fsp3) is 0.462. The highest BCUT2D eigenvalue weighted by molar-refractivity contribution is 7.98. The number of hydrogen-bond donors (Lipinski definition) is 1. The molecule has 0 spiro atoms. The summed E-state index contributed by atoms with van der Waals surface area (Å²) in [5.41, 5.74) is 0.876. The molecule has 5 nitrogen and oxygen atoms in total. The van der Waals surface area contributed by atoms with E-state index in [0.29, 0.717) is 10.2 Å². The van der Waals surface area contributed by atoms with Gasteiger partial charge < -0.3 is 9.72 Å². The van der Waals surface area contributed by atoms with Gasteiger partial charge in [0.05, 0.1) is 12.0 Å². The van der Waals surface area contributed by atoms with Crippen molar-refractivity contribution in [3.05, 3.63) is 26.6 Å². The van der Waals surface area contributed by atoms with Crippen molar-refractivity contribution in [1.29, 1.82) is 0 Å². The van der Waals surface area contributed by atoms with Gasteiger partial charge in [-0.3, -0.25) is 4.79 Å². The van der Waals surface area contributed by atoms with Crippen molar-refractivity contribution in [3.8, 4) is 0 Å². The first kappa shape index (κ1) is 13.6. The Balaban J connectivity index is 2.14. The van der Waals surface area contributed by atoms with Crippen LogP contribution < -0.4 is 5.56 Å². The Morgan fingerprint density at radius 3 is 3.15 bits per heavy atom. The number of esters is 1. The van der Waals surface area contributed by atoms with Gasteiger partial charge in [0.1, 0.15) is 4.83 Å². The first-order valence-electron chi connectivity index (χ1n) is 6.50. The monoisotopic (exact) mass is 310 g/mol. The summed E-state index contributed by atoms with van der Waals surface area (Å²) in [6, 6.07) is 0. The SMILES string of the molecule is CCOC(=O)c1nc2sc3c(c2c(=O)[nH]1)CCCSC3. The number of nitrogens with one attached hydrogen (secondary N) is 1. The highest BCUT2D eigenvalue weighted by Crippen LogP contribution is 2.34. The quantitative estimate of drug-likeness (QED) is 0.862. The van der Waals surface area contributed by atoms with Gasteiger partial charge in [-0.15, -0.1) is 11.3 Å². The van der Waals surface area contributed by atoms with Gasteiger partial charge in [0.25, 0.3) is 5.56 Å². The van der Waals surface area contributed by atoms with Gasteiger partial charge in [0.15, 0.2) is 0 Å². The number of ether oxygens (including phenoxy) is 1. The molecule has 0 aliphatic carbocycles. The summed E-state index contributed by atoms with van der Waals surface area (Å²) in [6.07, 6.45) is 1.98. The molecular formula is C13H14N2O3S2. The standard InChI is InChI=1S/C13H14N2O3S2/c1-2-18-13(17)10-14-11(16)9-7-4-3-5-19-6-8(7)20-12(9)15-10/h2-6H2,1H3,(H,14,15,16). The molecule has 20 heavy (non-hydrogen) atoms. The smallest absolute Gasteiger partial charge is 0.374 e. The van der Waals surface area contributed by atoms with Gasteiger partial charge in [-0.2, -0.15) is 11.8 Å². The molecule has 0 bridgehead atoms. The lowest BCUT2D eigenvalue weighted by atomic mass is 10.1. The van der Waals surface area contributed by atoms with E-state index in [9.17, 15) is 9.59 Å². The molecule has 3 rings (SSSR count). The van der Waals surface area contributed by atoms with Crippen molar-refractivity contribution in [2.24, 2.45) is 0 Å². The van der Waals surface area contributed by atoms with Crippen LogP contribution in [0.25, 0.3) is 10.2 Å². The lowest BCUT2D eigenvalue weighted by Gasteiger charge is -2.01. The summed E-state index contributed by atoms with van der Waals surface area (Å²) in [7, 11) is 0. The number of carbonyl (C=O) groups excluding carboxylic acids is 1. The predicted octanol–water partition coefficient (Wildman–Crippen LogP) is 2.34. The number of fused-ring (bicyclic) bond motifs is 3. The van der Waals surface area contributed by atoms with E-state index < -0.39 is 5.97 Å². The van der Waals surface area contributed by atoms with Crippen molar-refractivity contribution in [3.63, 3.8) is 0 Å². The van der Waals surface area contributed by atoms with Gasteiger partial charge in [-0.1, -0.05) is 0 Å². The summed E-state index contributed by atoms with van der Waals surface area (Å²) < 4.78 is 4.88. The second-order valence-corrected chi connectivity index (χ2v) is 6.66. The van der Waals surface area contributed by atoms with Gasteiger partial charge in [0.2, 0.25) is 5.82 Å². The van der Waals surface area contributed by atoms with Crippen LogP contribution in [-0.4, -0.2) is 28.3 Å². The first-order chi connectivity index (χ1) is 9.70. The molecule has 0 radical (unpaired) electrons. The van der Waals surface area contributed by atoms with E-state index in [2.05, 4.69) is 9.97 Å². The number of rotatable bonds is 2. The molecule has 0 saturated carbocycles. The lowest BCUT2D eigenvalue weighted by Crippen LogP contribution is -2.17. The largest absolute Gasteiger partial charge is 0.460 e. The van der Waals surface area contributed by atoms with E-state index in [1.807, 2.05) is 11.8 Å². The minimum atomic E-state index is -0.579. The van der Waals surface area contributed by atoms with Crippen molar-refractivity contribution >= 4 is 39.3 Å². The molecule has 0 unspecified atom stereocenters. The first-order valence-corrected chi connectivity index (χ1v) is 8.47. The molecule has 0 saturated heterocycles. The molecule has 0 amide bonds. The third-order valence-electron chi connectivity index (χ3n) is 3.16. The fourth-order valence-corrected chi connectivity index (χ4v) is 4.66. The third-order valence-corrected chi connectivity index (χ3v) is 5.54. The van der Waals surface area contributed by atoms with Crippen molar-refractivity contribution in [2.75, 3.05) is 12.4 Å². The van der Waals surface area contributed by atoms with Crippen LogP contribution in [0.15, 0.2) is 4.79 Å². The van der Waals surface area contributed by atoms with E-state index in [-0.39, 0.29) is 18.0 Å². The second-order valence-electron chi connectivity index (χ2n) is 4.48. The molecule has 2 aromatic rings. The molecule has 1 aliphatic heterocycles. The molecule has 0 fully saturated rings.